The quantitative estimate of drug-likeness (QED) is 0.726. The van der Waals surface area contributed by atoms with Crippen LogP contribution in [0.5, 0.6) is 0 Å². The number of hydrogen-bond acceptors (Lipinski definition) is 2. The maximum absolute atomic E-state index is 12.5. The molecule has 1 aliphatic rings. The summed E-state index contributed by atoms with van der Waals surface area (Å²) >= 11 is 0. The highest BCUT2D eigenvalue weighted by molar-refractivity contribution is 5.83. The first kappa shape index (κ1) is 13.1. The van der Waals surface area contributed by atoms with Crippen LogP contribution in [-0.4, -0.2) is 37.0 Å². The minimum Gasteiger partial charge on any atom is -0.331 e. The summed E-state index contributed by atoms with van der Waals surface area (Å²) in [4.78, 5) is 14.3. The van der Waals surface area contributed by atoms with Crippen molar-refractivity contribution in [3.8, 4) is 12.3 Å². The van der Waals surface area contributed by atoms with E-state index in [0.29, 0.717) is 13.1 Å². The van der Waals surface area contributed by atoms with Gasteiger partial charge in [-0.1, -0.05) is 12.8 Å². The van der Waals surface area contributed by atoms with Crippen molar-refractivity contribution in [1.82, 2.24) is 10.2 Å². The standard InChI is InChI=1S/C13H22N2O/c1-4-11-15(6-3)12(16)13(5-2)7-9-14-10-8-13/h1,14H,5-11H2,2-3H3. The lowest BCUT2D eigenvalue weighted by molar-refractivity contribution is -0.143. The van der Waals surface area contributed by atoms with Gasteiger partial charge in [0.15, 0.2) is 0 Å². The van der Waals surface area contributed by atoms with Crippen LogP contribution in [0.25, 0.3) is 0 Å². The molecule has 1 amide bonds. The monoisotopic (exact) mass is 222 g/mol. The van der Waals surface area contributed by atoms with Gasteiger partial charge >= 0.3 is 0 Å². The van der Waals surface area contributed by atoms with Gasteiger partial charge < -0.3 is 10.2 Å². The maximum Gasteiger partial charge on any atom is 0.229 e. The Labute approximate surface area is 98.6 Å². The fourth-order valence-corrected chi connectivity index (χ4v) is 2.40. The van der Waals surface area contributed by atoms with Gasteiger partial charge in [-0.15, -0.1) is 6.42 Å². The van der Waals surface area contributed by atoms with Crippen molar-refractivity contribution in [1.29, 1.82) is 0 Å². The second-order valence-electron chi connectivity index (χ2n) is 4.41. The van der Waals surface area contributed by atoms with E-state index in [2.05, 4.69) is 18.2 Å². The first-order chi connectivity index (χ1) is 7.70. The third kappa shape index (κ3) is 2.56. The normalized spacial score (nSPS) is 18.8. The molecule has 16 heavy (non-hydrogen) atoms. The molecule has 0 saturated carbocycles. The second kappa shape index (κ2) is 5.91. The van der Waals surface area contributed by atoms with Crippen LogP contribution in [0.1, 0.15) is 33.1 Å². The van der Waals surface area contributed by atoms with Gasteiger partial charge in [0.05, 0.1) is 12.0 Å². The highest BCUT2D eigenvalue weighted by atomic mass is 16.2. The molecule has 0 aliphatic carbocycles. The Bertz CT molecular complexity index is 274. The van der Waals surface area contributed by atoms with Crippen molar-refractivity contribution in [3.63, 3.8) is 0 Å². The van der Waals surface area contributed by atoms with Gasteiger partial charge in [-0.25, -0.2) is 0 Å². The van der Waals surface area contributed by atoms with Crippen LogP contribution >= 0.6 is 0 Å². The van der Waals surface area contributed by atoms with Crippen molar-refractivity contribution in [2.45, 2.75) is 33.1 Å². The summed E-state index contributed by atoms with van der Waals surface area (Å²) in [6.07, 6.45) is 8.08. The minimum absolute atomic E-state index is 0.169. The summed E-state index contributed by atoms with van der Waals surface area (Å²) in [6, 6.07) is 0. The van der Waals surface area contributed by atoms with Gasteiger partial charge in [-0.2, -0.15) is 0 Å². The smallest absolute Gasteiger partial charge is 0.229 e. The zero-order chi connectivity index (χ0) is 12.0. The van der Waals surface area contributed by atoms with E-state index < -0.39 is 0 Å². The van der Waals surface area contributed by atoms with E-state index in [9.17, 15) is 4.79 Å². The lowest BCUT2D eigenvalue weighted by Gasteiger charge is -2.38. The van der Waals surface area contributed by atoms with Crippen LogP contribution < -0.4 is 5.32 Å². The Morgan fingerprint density at radius 2 is 2.06 bits per heavy atom. The number of piperidine rings is 1. The van der Waals surface area contributed by atoms with E-state index in [-0.39, 0.29) is 11.3 Å². The average molecular weight is 222 g/mol. The molecule has 1 saturated heterocycles. The fraction of sp³-hybridized carbons (Fsp3) is 0.769. The number of carbonyl (C=O) groups is 1. The molecular weight excluding hydrogens is 200 g/mol. The molecule has 1 heterocycles. The number of nitrogens with zero attached hydrogens (tertiary/aromatic N) is 1. The van der Waals surface area contributed by atoms with Crippen molar-refractivity contribution >= 4 is 5.91 Å². The Kier molecular flexibility index (Phi) is 4.82. The lowest BCUT2D eigenvalue weighted by Crippen LogP contribution is -2.49. The average Bonchev–Trinajstić information content (AvgIpc) is 2.36. The molecule has 90 valence electrons. The zero-order valence-electron chi connectivity index (χ0n) is 10.4. The molecule has 0 aromatic heterocycles. The SMILES string of the molecule is C#CCN(CC)C(=O)C1(CC)CCNCC1. The van der Waals surface area contributed by atoms with E-state index in [4.69, 9.17) is 6.42 Å². The molecule has 1 aliphatic heterocycles. The summed E-state index contributed by atoms with van der Waals surface area (Å²) in [5, 5.41) is 3.31. The predicted octanol–water partition coefficient (Wildman–Crippen LogP) is 1.25. The van der Waals surface area contributed by atoms with Gasteiger partial charge in [0.25, 0.3) is 0 Å². The molecular formula is C13H22N2O. The van der Waals surface area contributed by atoms with Crippen LogP contribution in [0.2, 0.25) is 0 Å². The molecule has 0 bridgehead atoms. The molecule has 0 atom stereocenters. The van der Waals surface area contributed by atoms with Gasteiger partial charge in [0.2, 0.25) is 5.91 Å². The minimum atomic E-state index is -0.169. The molecule has 0 aromatic rings. The van der Waals surface area contributed by atoms with E-state index in [1.165, 1.54) is 0 Å². The molecule has 1 N–H and O–H groups in total. The largest absolute Gasteiger partial charge is 0.331 e. The topological polar surface area (TPSA) is 32.3 Å². The van der Waals surface area contributed by atoms with Gasteiger partial charge in [-0.3, -0.25) is 4.79 Å². The van der Waals surface area contributed by atoms with Gasteiger partial charge in [0, 0.05) is 6.54 Å². The molecule has 0 unspecified atom stereocenters. The number of amides is 1. The lowest BCUT2D eigenvalue weighted by atomic mass is 9.75. The number of carbonyl (C=O) groups excluding carboxylic acids is 1. The summed E-state index contributed by atoms with van der Waals surface area (Å²) < 4.78 is 0. The van der Waals surface area contributed by atoms with Crippen LogP contribution in [0.15, 0.2) is 0 Å². The Morgan fingerprint density at radius 1 is 1.44 bits per heavy atom. The van der Waals surface area contributed by atoms with Gasteiger partial charge in [-0.05, 0) is 39.3 Å². The zero-order valence-corrected chi connectivity index (χ0v) is 10.4. The molecule has 0 radical (unpaired) electrons. The van der Waals surface area contributed by atoms with Crippen LogP contribution in [0.3, 0.4) is 0 Å². The van der Waals surface area contributed by atoms with E-state index in [0.717, 1.165) is 32.4 Å². The Balaban J connectivity index is 2.78. The number of rotatable bonds is 4. The third-order valence-electron chi connectivity index (χ3n) is 3.64. The molecule has 0 aromatic carbocycles. The van der Waals surface area contributed by atoms with Crippen LogP contribution in [0.4, 0.5) is 0 Å². The van der Waals surface area contributed by atoms with Gasteiger partial charge in [0.1, 0.15) is 0 Å². The number of nitrogens with one attached hydrogen (secondary N) is 1. The third-order valence-corrected chi connectivity index (χ3v) is 3.64. The van der Waals surface area contributed by atoms with E-state index in [1.807, 2.05) is 6.92 Å². The van der Waals surface area contributed by atoms with Crippen LogP contribution in [0, 0.1) is 17.8 Å². The highest BCUT2D eigenvalue weighted by Crippen LogP contribution is 2.34. The molecule has 1 rings (SSSR count). The summed E-state index contributed by atoms with van der Waals surface area (Å²) in [6.45, 7) is 7.11. The number of terminal acetylenes is 1. The first-order valence-electron chi connectivity index (χ1n) is 6.13. The number of hydrogen-bond donors (Lipinski definition) is 1. The van der Waals surface area contributed by atoms with E-state index in [1.54, 1.807) is 4.90 Å². The van der Waals surface area contributed by atoms with Crippen molar-refractivity contribution < 1.29 is 4.79 Å². The summed E-state index contributed by atoms with van der Waals surface area (Å²) in [5.41, 5.74) is -0.169. The molecule has 1 fully saturated rings. The van der Waals surface area contributed by atoms with Crippen molar-refractivity contribution in [3.05, 3.63) is 0 Å². The van der Waals surface area contributed by atoms with Crippen molar-refractivity contribution in [2.24, 2.45) is 5.41 Å². The predicted molar refractivity (Wildman–Crippen MR) is 65.9 cm³/mol. The van der Waals surface area contributed by atoms with E-state index >= 15 is 0 Å². The second-order valence-corrected chi connectivity index (χ2v) is 4.41. The molecule has 3 nitrogen and oxygen atoms in total. The fourth-order valence-electron chi connectivity index (χ4n) is 2.40. The van der Waals surface area contributed by atoms with Crippen LogP contribution in [-0.2, 0) is 4.79 Å². The molecule has 0 spiro atoms. The first-order valence-corrected chi connectivity index (χ1v) is 6.13. The Hall–Kier alpha value is -1.01. The summed E-state index contributed by atoms with van der Waals surface area (Å²) in [7, 11) is 0. The van der Waals surface area contributed by atoms with Crippen molar-refractivity contribution in [2.75, 3.05) is 26.2 Å². The highest BCUT2D eigenvalue weighted by Gasteiger charge is 2.39. The molecule has 3 heteroatoms. The Morgan fingerprint density at radius 3 is 2.50 bits per heavy atom. The summed E-state index contributed by atoms with van der Waals surface area (Å²) in [5.74, 6) is 2.82. The maximum atomic E-state index is 12.5.